The van der Waals surface area contributed by atoms with Crippen molar-refractivity contribution in [2.45, 2.75) is 26.9 Å². The highest BCUT2D eigenvalue weighted by Gasteiger charge is 2.36. The molecule has 0 aromatic rings. The van der Waals surface area contributed by atoms with Gasteiger partial charge in [0.25, 0.3) is 0 Å². The molecular formula is C10H13F3N2O3. The lowest BCUT2D eigenvalue weighted by Crippen LogP contribution is -2.21. The summed E-state index contributed by atoms with van der Waals surface area (Å²) in [6.07, 6.45) is -4.40. The topological polar surface area (TPSA) is 67.8 Å². The molecule has 0 bridgehead atoms. The number of amides is 1. The van der Waals surface area contributed by atoms with Crippen molar-refractivity contribution in [1.29, 1.82) is 0 Å². The lowest BCUT2D eigenvalue weighted by molar-refractivity contribution is -0.139. The Balaban J connectivity index is 5.23. The predicted molar refractivity (Wildman–Crippen MR) is 57.7 cm³/mol. The maximum atomic E-state index is 12.6. The monoisotopic (exact) mass is 266 g/mol. The third-order valence-corrected chi connectivity index (χ3v) is 1.71. The highest BCUT2D eigenvalue weighted by atomic mass is 19.4. The highest BCUT2D eigenvalue weighted by molar-refractivity contribution is 5.97. The van der Waals surface area contributed by atoms with Crippen LogP contribution in [-0.4, -0.2) is 30.9 Å². The van der Waals surface area contributed by atoms with Crippen molar-refractivity contribution in [2.24, 2.45) is 5.10 Å². The molecule has 0 fully saturated rings. The molecule has 5 nitrogen and oxygen atoms in total. The van der Waals surface area contributed by atoms with E-state index in [1.165, 1.54) is 6.92 Å². The zero-order valence-electron chi connectivity index (χ0n) is 10.1. The zero-order valence-corrected chi connectivity index (χ0v) is 10.1. The quantitative estimate of drug-likeness (QED) is 0.363. The lowest BCUT2D eigenvalue weighted by atomic mass is 10.1. The molecule has 102 valence electrons. The third kappa shape index (κ3) is 5.46. The van der Waals surface area contributed by atoms with E-state index in [1.807, 2.05) is 5.43 Å². The highest BCUT2D eigenvalue weighted by Crippen LogP contribution is 2.27. The maximum absolute atomic E-state index is 12.6. The summed E-state index contributed by atoms with van der Waals surface area (Å²) in [5.74, 6) is -1.71. The van der Waals surface area contributed by atoms with Crippen molar-refractivity contribution in [3.05, 3.63) is 11.1 Å². The summed E-state index contributed by atoms with van der Waals surface area (Å²) in [7, 11) is 0. The number of hydrogen-bond donors (Lipinski definition) is 1. The Bertz CT molecular complexity index is 386. The minimum Gasteiger partial charge on any atom is -0.463 e. The van der Waals surface area contributed by atoms with Gasteiger partial charge in [-0.2, -0.15) is 18.3 Å². The van der Waals surface area contributed by atoms with Crippen molar-refractivity contribution >= 4 is 18.1 Å². The molecule has 0 rings (SSSR count). The molecule has 1 N–H and O–H groups in total. The molecule has 0 radical (unpaired) electrons. The van der Waals surface area contributed by atoms with Crippen LogP contribution in [0.3, 0.4) is 0 Å². The van der Waals surface area contributed by atoms with E-state index in [-0.39, 0.29) is 6.61 Å². The van der Waals surface area contributed by atoms with Crippen molar-refractivity contribution in [3.63, 3.8) is 0 Å². The number of hydrogen-bond acceptors (Lipinski definition) is 4. The molecule has 0 unspecified atom stereocenters. The fourth-order valence-corrected chi connectivity index (χ4v) is 0.920. The van der Waals surface area contributed by atoms with Gasteiger partial charge in [0, 0.05) is 12.5 Å². The van der Waals surface area contributed by atoms with Gasteiger partial charge < -0.3 is 4.74 Å². The Hall–Kier alpha value is -1.86. The molecule has 8 heteroatoms. The molecule has 0 aliphatic carbocycles. The first-order valence-corrected chi connectivity index (χ1v) is 4.95. The van der Waals surface area contributed by atoms with Gasteiger partial charge in [-0.15, -0.1) is 0 Å². The summed E-state index contributed by atoms with van der Waals surface area (Å²) < 4.78 is 42.3. The van der Waals surface area contributed by atoms with Crippen LogP contribution in [0.1, 0.15) is 20.8 Å². The fourth-order valence-electron chi connectivity index (χ4n) is 0.920. The largest absolute Gasteiger partial charge is 0.463 e. The van der Waals surface area contributed by atoms with Crippen molar-refractivity contribution in [2.75, 3.05) is 6.61 Å². The van der Waals surface area contributed by atoms with Crippen LogP contribution < -0.4 is 5.43 Å². The number of carbonyl (C=O) groups is 2. The second kappa shape index (κ2) is 6.77. The van der Waals surface area contributed by atoms with E-state index in [1.54, 1.807) is 0 Å². The molecule has 0 aromatic carbocycles. The molecule has 18 heavy (non-hydrogen) atoms. The summed E-state index contributed by atoms with van der Waals surface area (Å²) in [4.78, 5) is 21.7. The van der Waals surface area contributed by atoms with Gasteiger partial charge in [-0.25, -0.2) is 10.2 Å². The van der Waals surface area contributed by atoms with E-state index in [9.17, 15) is 22.8 Å². The Kier molecular flexibility index (Phi) is 6.07. The van der Waals surface area contributed by atoms with Crippen molar-refractivity contribution in [3.8, 4) is 0 Å². The summed E-state index contributed by atoms with van der Waals surface area (Å²) in [5.41, 5.74) is -0.0771. The SMILES string of the molecule is CCOC(=O)/C(C)=C(\C=N\NC(C)=O)C(F)(F)F. The fraction of sp³-hybridized carbons (Fsp3) is 0.500. The number of nitrogens with one attached hydrogen (secondary N) is 1. The second-order valence-electron chi connectivity index (χ2n) is 3.18. The van der Waals surface area contributed by atoms with E-state index < -0.39 is 29.2 Å². The van der Waals surface area contributed by atoms with Gasteiger partial charge in [-0.1, -0.05) is 0 Å². The molecule has 0 aromatic heterocycles. The van der Waals surface area contributed by atoms with Crippen LogP contribution in [0.2, 0.25) is 0 Å². The maximum Gasteiger partial charge on any atom is 0.418 e. The van der Waals surface area contributed by atoms with E-state index >= 15 is 0 Å². The number of rotatable bonds is 4. The van der Waals surface area contributed by atoms with Gasteiger partial charge in [0.2, 0.25) is 5.91 Å². The summed E-state index contributed by atoms with van der Waals surface area (Å²) in [6.45, 7) is 3.50. The van der Waals surface area contributed by atoms with Crippen LogP contribution in [0.5, 0.6) is 0 Å². The van der Waals surface area contributed by atoms with Crippen LogP contribution in [0, 0.1) is 0 Å². The second-order valence-corrected chi connectivity index (χ2v) is 3.18. The first-order valence-electron chi connectivity index (χ1n) is 4.95. The van der Waals surface area contributed by atoms with Crippen LogP contribution in [0.15, 0.2) is 16.2 Å². The first kappa shape index (κ1) is 16.1. The number of carbonyl (C=O) groups excluding carboxylic acids is 2. The summed E-state index contributed by atoms with van der Waals surface area (Å²) >= 11 is 0. The Morgan fingerprint density at radius 1 is 1.33 bits per heavy atom. The van der Waals surface area contributed by atoms with Gasteiger partial charge in [0.1, 0.15) is 0 Å². The standard InChI is InChI=1S/C10H13F3N2O3/c1-4-18-9(17)6(2)8(10(11,12)13)5-14-15-7(3)16/h5H,4H2,1-3H3,(H,15,16)/b8-6+,14-5+. The normalized spacial score (nSPS) is 13.2. The Morgan fingerprint density at radius 2 is 1.89 bits per heavy atom. The number of nitrogens with zero attached hydrogens (tertiary/aromatic N) is 1. The average molecular weight is 266 g/mol. The molecule has 0 saturated heterocycles. The molecular weight excluding hydrogens is 253 g/mol. The van der Waals surface area contributed by atoms with Crippen LogP contribution >= 0.6 is 0 Å². The van der Waals surface area contributed by atoms with Gasteiger partial charge in [0.05, 0.1) is 18.4 Å². The Labute approximate surface area is 102 Å². The predicted octanol–water partition coefficient (Wildman–Crippen LogP) is 1.55. The average Bonchev–Trinajstić information content (AvgIpc) is 2.21. The van der Waals surface area contributed by atoms with Crippen molar-refractivity contribution in [1.82, 2.24) is 5.43 Å². The van der Waals surface area contributed by atoms with E-state index in [2.05, 4.69) is 9.84 Å². The molecule has 0 aliphatic heterocycles. The lowest BCUT2D eigenvalue weighted by Gasteiger charge is -2.10. The molecule has 1 amide bonds. The van der Waals surface area contributed by atoms with Crippen molar-refractivity contribution < 1.29 is 27.5 Å². The smallest absolute Gasteiger partial charge is 0.418 e. The van der Waals surface area contributed by atoms with Gasteiger partial charge >= 0.3 is 12.1 Å². The number of halogens is 3. The van der Waals surface area contributed by atoms with E-state index in [0.717, 1.165) is 13.8 Å². The summed E-state index contributed by atoms with van der Waals surface area (Å²) in [6, 6.07) is 0. The number of allylic oxidation sites excluding steroid dienone is 1. The number of esters is 1. The third-order valence-electron chi connectivity index (χ3n) is 1.71. The molecule has 0 saturated carbocycles. The van der Waals surface area contributed by atoms with Crippen LogP contribution in [0.25, 0.3) is 0 Å². The number of alkyl halides is 3. The van der Waals surface area contributed by atoms with Crippen LogP contribution in [-0.2, 0) is 14.3 Å². The molecule has 0 atom stereocenters. The first-order chi connectivity index (χ1) is 8.20. The van der Waals surface area contributed by atoms with Crippen LogP contribution in [0.4, 0.5) is 13.2 Å². The zero-order chi connectivity index (χ0) is 14.3. The minimum atomic E-state index is -4.77. The van der Waals surface area contributed by atoms with E-state index in [0.29, 0.717) is 6.21 Å². The molecule has 0 aliphatic rings. The Morgan fingerprint density at radius 3 is 2.28 bits per heavy atom. The summed E-state index contributed by atoms with van der Waals surface area (Å²) in [5, 5.41) is 3.09. The van der Waals surface area contributed by atoms with Gasteiger partial charge in [-0.3, -0.25) is 4.79 Å². The molecule has 0 spiro atoms. The van der Waals surface area contributed by atoms with Gasteiger partial charge in [0.15, 0.2) is 0 Å². The number of ether oxygens (including phenoxy) is 1. The van der Waals surface area contributed by atoms with E-state index in [4.69, 9.17) is 0 Å². The minimum absolute atomic E-state index is 0.0376. The number of hydrazone groups is 1. The van der Waals surface area contributed by atoms with Gasteiger partial charge in [-0.05, 0) is 13.8 Å². The molecule has 0 heterocycles.